The van der Waals surface area contributed by atoms with E-state index in [9.17, 15) is 19.2 Å². The third kappa shape index (κ3) is 4.41. The number of fused-ring (bicyclic) bond motifs is 2. The minimum Gasteiger partial charge on any atom is -0.497 e. The summed E-state index contributed by atoms with van der Waals surface area (Å²) >= 11 is 0. The maximum Gasteiger partial charge on any atom is 0.272 e. The number of aromatic nitrogens is 2. The van der Waals surface area contributed by atoms with Gasteiger partial charge in [-0.2, -0.15) is 0 Å². The molecule has 0 bridgehead atoms. The van der Waals surface area contributed by atoms with Crippen molar-refractivity contribution >= 4 is 28.3 Å². The second-order valence-electron chi connectivity index (χ2n) is 7.82. The van der Waals surface area contributed by atoms with E-state index in [1.807, 2.05) is 18.2 Å². The summed E-state index contributed by atoms with van der Waals surface area (Å²) in [6.07, 6.45) is 3.15. The van der Waals surface area contributed by atoms with Crippen LogP contribution in [0.3, 0.4) is 0 Å². The van der Waals surface area contributed by atoms with E-state index in [-0.39, 0.29) is 41.3 Å². The topological polar surface area (TPSA) is 133 Å². The van der Waals surface area contributed by atoms with Gasteiger partial charge in [0.1, 0.15) is 5.75 Å². The summed E-state index contributed by atoms with van der Waals surface area (Å²) < 4.78 is 5.29. The zero-order chi connectivity index (χ0) is 22.7. The first kappa shape index (κ1) is 21.4. The Morgan fingerprint density at radius 3 is 2.72 bits per heavy atom. The Labute approximate surface area is 183 Å². The van der Waals surface area contributed by atoms with Gasteiger partial charge in [0.05, 0.1) is 30.1 Å². The van der Waals surface area contributed by atoms with Crippen LogP contribution in [0.2, 0.25) is 0 Å². The Hall–Kier alpha value is -3.88. The van der Waals surface area contributed by atoms with Gasteiger partial charge in [-0.15, -0.1) is 0 Å². The van der Waals surface area contributed by atoms with Gasteiger partial charge in [0, 0.05) is 6.42 Å². The second kappa shape index (κ2) is 9.09. The maximum absolute atomic E-state index is 12.5. The molecule has 166 valence electrons. The van der Waals surface area contributed by atoms with E-state index in [1.54, 1.807) is 13.2 Å². The molecule has 1 heterocycles. The molecule has 0 saturated heterocycles. The summed E-state index contributed by atoms with van der Waals surface area (Å²) in [5, 5.41) is 10.00. The smallest absolute Gasteiger partial charge is 0.272 e. The number of H-pyrrole nitrogens is 2. The summed E-state index contributed by atoms with van der Waals surface area (Å²) in [5.74, 6) is 0.191. The third-order valence-electron chi connectivity index (χ3n) is 5.77. The molecule has 1 aromatic heterocycles. The van der Waals surface area contributed by atoms with Crippen molar-refractivity contribution in [1.82, 2.24) is 15.5 Å². The highest BCUT2D eigenvalue weighted by Crippen LogP contribution is 2.35. The fourth-order valence-electron chi connectivity index (χ4n) is 4.23. The molecule has 0 aliphatic heterocycles. The molecule has 1 aliphatic carbocycles. The van der Waals surface area contributed by atoms with Crippen LogP contribution < -0.4 is 26.5 Å². The minimum absolute atomic E-state index is 0.0881. The molecule has 1 aliphatic rings. The second-order valence-corrected chi connectivity index (χ2v) is 7.82. The number of anilines is 1. The number of nitrogens with one attached hydrogen (secondary N) is 4. The Bertz CT molecular complexity index is 1290. The van der Waals surface area contributed by atoms with Crippen molar-refractivity contribution < 1.29 is 14.3 Å². The van der Waals surface area contributed by atoms with E-state index in [4.69, 9.17) is 4.74 Å². The van der Waals surface area contributed by atoms with E-state index < -0.39 is 17.0 Å². The lowest BCUT2D eigenvalue weighted by Crippen LogP contribution is -2.34. The standard InChI is InChI=1S/C23H24N4O5/c1-32-15-8-9-16-13(10-15)4-2-5-14(16)11-19(28)24-12-20(29)25-18-7-3-6-17-21(18)23(31)27-26-22(17)30/h3,6-10,14H,2,4-5,11-12H2,1H3,(H,24,28)(H,25,29)(H,26,30)(H,27,31). The van der Waals surface area contributed by atoms with E-state index in [2.05, 4.69) is 20.8 Å². The number of methoxy groups -OCH3 is 1. The van der Waals surface area contributed by atoms with E-state index in [1.165, 1.54) is 17.7 Å². The number of benzene rings is 2. The summed E-state index contributed by atoms with van der Waals surface area (Å²) in [6.45, 7) is -0.238. The van der Waals surface area contributed by atoms with Crippen LogP contribution in [0.1, 0.15) is 36.3 Å². The van der Waals surface area contributed by atoms with Crippen molar-refractivity contribution in [2.24, 2.45) is 0 Å². The van der Waals surface area contributed by atoms with Gasteiger partial charge in [0.15, 0.2) is 0 Å². The van der Waals surface area contributed by atoms with Crippen LogP contribution in [0.5, 0.6) is 5.75 Å². The van der Waals surface area contributed by atoms with Crippen molar-refractivity contribution in [1.29, 1.82) is 0 Å². The van der Waals surface area contributed by atoms with Crippen LogP contribution in [-0.2, 0) is 16.0 Å². The van der Waals surface area contributed by atoms with Crippen LogP contribution in [0, 0.1) is 0 Å². The van der Waals surface area contributed by atoms with Gasteiger partial charge in [-0.25, -0.2) is 0 Å². The first-order valence-electron chi connectivity index (χ1n) is 10.4. The molecule has 1 atom stereocenters. The van der Waals surface area contributed by atoms with Gasteiger partial charge in [-0.3, -0.25) is 29.4 Å². The highest BCUT2D eigenvalue weighted by Gasteiger charge is 2.23. The maximum atomic E-state index is 12.5. The van der Waals surface area contributed by atoms with Crippen molar-refractivity contribution in [2.75, 3.05) is 19.0 Å². The predicted molar refractivity (Wildman–Crippen MR) is 120 cm³/mol. The highest BCUT2D eigenvalue weighted by atomic mass is 16.5. The molecule has 0 saturated carbocycles. The largest absolute Gasteiger partial charge is 0.497 e. The van der Waals surface area contributed by atoms with E-state index >= 15 is 0 Å². The monoisotopic (exact) mass is 436 g/mol. The highest BCUT2D eigenvalue weighted by molar-refractivity contribution is 6.02. The zero-order valence-corrected chi connectivity index (χ0v) is 17.6. The van der Waals surface area contributed by atoms with Crippen LogP contribution in [0.4, 0.5) is 5.69 Å². The number of carbonyl (C=O) groups is 2. The molecule has 0 fully saturated rings. The third-order valence-corrected chi connectivity index (χ3v) is 5.77. The first-order valence-corrected chi connectivity index (χ1v) is 10.4. The summed E-state index contributed by atoms with van der Waals surface area (Å²) in [5.41, 5.74) is 1.57. The quantitative estimate of drug-likeness (QED) is 0.468. The van der Waals surface area contributed by atoms with Gasteiger partial charge in [-0.1, -0.05) is 12.1 Å². The lowest BCUT2D eigenvalue weighted by molar-refractivity contribution is -0.124. The molecule has 2 aromatic carbocycles. The van der Waals surface area contributed by atoms with Crippen LogP contribution >= 0.6 is 0 Å². The number of hydrogen-bond donors (Lipinski definition) is 4. The molecule has 0 spiro atoms. The molecule has 4 N–H and O–H groups in total. The average molecular weight is 436 g/mol. The number of rotatable bonds is 6. The molecule has 9 nitrogen and oxygen atoms in total. The zero-order valence-electron chi connectivity index (χ0n) is 17.6. The lowest BCUT2D eigenvalue weighted by atomic mass is 9.81. The number of aromatic amines is 2. The number of hydrogen-bond acceptors (Lipinski definition) is 5. The summed E-state index contributed by atoms with van der Waals surface area (Å²) in [6, 6.07) is 10.5. The van der Waals surface area contributed by atoms with E-state index in [0.717, 1.165) is 30.6 Å². The molecule has 0 radical (unpaired) electrons. The number of ether oxygens (including phenoxy) is 1. The van der Waals surface area contributed by atoms with Crippen molar-refractivity contribution in [3.63, 3.8) is 0 Å². The Balaban J connectivity index is 1.38. The van der Waals surface area contributed by atoms with Gasteiger partial charge >= 0.3 is 0 Å². The van der Waals surface area contributed by atoms with Gasteiger partial charge < -0.3 is 15.4 Å². The van der Waals surface area contributed by atoms with Gasteiger partial charge in [0.2, 0.25) is 11.8 Å². The van der Waals surface area contributed by atoms with E-state index in [0.29, 0.717) is 0 Å². The SMILES string of the molecule is COc1ccc2c(c1)CCCC2CC(=O)NCC(=O)Nc1cccc2c(=O)[nH][nH]c(=O)c12. The van der Waals surface area contributed by atoms with Gasteiger partial charge in [0.25, 0.3) is 11.1 Å². The average Bonchev–Trinajstić information content (AvgIpc) is 2.80. The van der Waals surface area contributed by atoms with Crippen LogP contribution in [-0.4, -0.2) is 35.7 Å². The fourth-order valence-corrected chi connectivity index (χ4v) is 4.23. The molecule has 3 aromatic rings. The van der Waals surface area contributed by atoms with Crippen molar-refractivity contribution in [3.05, 3.63) is 68.2 Å². The summed E-state index contributed by atoms with van der Waals surface area (Å²) in [4.78, 5) is 48.9. The van der Waals surface area contributed by atoms with Gasteiger partial charge in [-0.05, 0) is 60.6 Å². The molecule has 4 rings (SSSR count). The van der Waals surface area contributed by atoms with Crippen LogP contribution in [0.15, 0.2) is 46.0 Å². The minimum atomic E-state index is -0.521. The normalized spacial score (nSPS) is 15.1. The molecular formula is C23H24N4O5. The van der Waals surface area contributed by atoms with Crippen molar-refractivity contribution in [2.45, 2.75) is 31.6 Å². The fraction of sp³-hybridized carbons (Fsp3) is 0.304. The molecule has 9 heteroatoms. The summed E-state index contributed by atoms with van der Waals surface area (Å²) in [7, 11) is 1.63. The first-order chi connectivity index (χ1) is 15.5. The molecule has 2 amide bonds. The van der Waals surface area contributed by atoms with Crippen molar-refractivity contribution in [3.8, 4) is 5.75 Å². The van der Waals surface area contributed by atoms with Crippen LogP contribution in [0.25, 0.3) is 10.8 Å². The Kier molecular flexibility index (Phi) is 6.07. The lowest BCUT2D eigenvalue weighted by Gasteiger charge is -2.25. The number of amides is 2. The Morgan fingerprint density at radius 1 is 1.09 bits per heavy atom. The number of carbonyl (C=O) groups excluding carboxylic acids is 2. The molecular weight excluding hydrogens is 412 g/mol. The Morgan fingerprint density at radius 2 is 1.91 bits per heavy atom. The number of aryl methyl sites for hydroxylation is 1. The molecule has 1 unspecified atom stereocenters. The predicted octanol–water partition coefficient (Wildman–Crippen LogP) is 1.79. The molecule has 32 heavy (non-hydrogen) atoms.